The highest BCUT2D eigenvalue weighted by atomic mass is 32.2. The van der Waals surface area contributed by atoms with Gasteiger partial charge in [0.25, 0.3) is 0 Å². The largest absolute Gasteiger partial charge is 0.313 e. The summed E-state index contributed by atoms with van der Waals surface area (Å²) in [6.45, 7) is 4.27. The van der Waals surface area contributed by atoms with Gasteiger partial charge >= 0.3 is 0 Å². The lowest BCUT2D eigenvalue weighted by molar-refractivity contribution is 0.582. The first-order chi connectivity index (χ1) is 7.89. The van der Waals surface area contributed by atoms with Crippen LogP contribution in [0, 0.1) is 5.82 Å². The minimum absolute atomic E-state index is 0.0114. The molecular weight excluding hydrogens is 243 g/mol. The van der Waals surface area contributed by atoms with Crippen molar-refractivity contribution in [3.8, 4) is 0 Å². The molecule has 1 aromatic rings. The summed E-state index contributed by atoms with van der Waals surface area (Å²) in [5, 5.41) is 3.02. The third-order valence-corrected chi connectivity index (χ3v) is 3.33. The maximum Gasteiger partial charge on any atom is 0.233 e. The van der Waals surface area contributed by atoms with Gasteiger partial charge in [-0.25, -0.2) is 12.8 Å². The van der Waals surface area contributed by atoms with Gasteiger partial charge in [0.15, 0.2) is 0 Å². The molecule has 0 bridgehead atoms. The first-order valence-electron chi connectivity index (χ1n) is 5.38. The van der Waals surface area contributed by atoms with E-state index in [-0.39, 0.29) is 11.8 Å². The molecule has 0 aliphatic heterocycles. The van der Waals surface area contributed by atoms with Crippen LogP contribution >= 0.6 is 0 Å². The standard InChI is InChI=1S/C11H17FN2O2S/c1-9(2)13-7-8-17(15,16)14-11-5-3-10(12)4-6-11/h3-6,9,13-14H,7-8H2,1-2H3. The van der Waals surface area contributed by atoms with E-state index in [0.29, 0.717) is 12.2 Å². The highest BCUT2D eigenvalue weighted by Crippen LogP contribution is 2.10. The molecule has 0 atom stereocenters. The van der Waals surface area contributed by atoms with Crippen molar-refractivity contribution >= 4 is 15.7 Å². The van der Waals surface area contributed by atoms with E-state index in [2.05, 4.69) is 10.0 Å². The third kappa shape index (κ3) is 5.65. The minimum atomic E-state index is -3.38. The van der Waals surface area contributed by atoms with Crippen LogP contribution in [0.5, 0.6) is 0 Å². The maximum absolute atomic E-state index is 12.6. The van der Waals surface area contributed by atoms with Crippen molar-refractivity contribution < 1.29 is 12.8 Å². The molecule has 1 aromatic carbocycles. The summed E-state index contributed by atoms with van der Waals surface area (Å²) < 4.78 is 38.3. The SMILES string of the molecule is CC(C)NCCS(=O)(=O)Nc1ccc(F)cc1. The molecule has 0 heterocycles. The molecule has 0 saturated carbocycles. The molecule has 4 nitrogen and oxygen atoms in total. The Hall–Kier alpha value is -1.14. The van der Waals surface area contributed by atoms with Crippen LogP contribution in [0.25, 0.3) is 0 Å². The summed E-state index contributed by atoms with van der Waals surface area (Å²) in [6, 6.07) is 5.45. The van der Waals surface area contributed by atoms with Gasteiger partial charge in [0, 0.05) is 18.3 Å². The minimum Gasteiger partial charge on any atom is -0.313 e. The predicted octanol–water partition coefficient (Wildman–Crippen LogP) is 1.57. The highest BCUT2D eigenvalue weighted by molar-refractivity contribution is 7.92. The fourth-order valence-corrected chi connectivity index (χ4v) is 2.21. The van der Waals surface area contributed by atoms with Gasteiger partial charge in [-0.2, -0.15) is 0 Å². The van der Waals surface area contributed by atoms with Gasteiger partial charge in [0.2, 0.25) is 10.0 Å². The molecule has 0 aliphatic rings. The van der Waals surface area contributed by atoms with Gasteiger partial charge in [-0.05, 0) is 24.3 Å². The summed E-state index contributed by atoms with van der Waals surface area (Å²) in [4.78, 5) is 0. The number of benzene rings is 1. The molecule has 0 saturated heterocycles. The van der Waals surface area contributed by atoms with Crippen molar-refractivity contribution in [1.82, 2.24) is 5.32 Å². The zero-order valence-electron chi connectivity index (χ0n) is 9.90. The van der Waals surface area contributed by atoms with Crippen molar-refractivity contribution in [2.45, 2.75) is 19.9 Å². The lowest BCUT2D eigenvalue weighted by atomic mass is 10.3. The van der Waals surface area contributed by atoms with E-state index in [4.69, 9.17) is 0 Å². The van der Waals surface area contributed by atoms with Crippen molar-refractivity contribution in [3.05, 3.63) is 30.1 Å². The highest BCUT2D eigenvalue weighted by Gasteiger charge is 2.10. The Balaban J connectivity index is 2.52. The lowest BCUT2D eigenvalue weighted by Gasteiger charge is -2.10. The van der Waals surface area contributed by atoms with Gasteiger partial charge < -0.3 is 5.32 Å². The van der Waals surface area contributed by atoms with Gasteiger partial charge in [0.05, 0.1) is 5.75 Å². The molecule has 2 N–H and O–H groups in total. The fourth-order valence-electron chi connectivity index (χ4n) is 1.23. The number of halogens is 1. The molecule has 0 radical (unpaired) electrons. The quantitative estimate of drug-likeness (QED) is 0.816. The second kappa shape index (κ2) is 5.97. The number of hydrogen-bond acceptors (Lipinski definition) is 3. The Morgan fingerprint density at radius 2 is 1.82 bits per heavy atom. The normalized spacial score (nSPS) is 11.8. The van der Waals surface area contributed by atoms with Crippen LogP contribution in [0.4, 0.5) is 10.1 Å². The second-order valence-corrected chi connectivity index (χ2v) is 5.88. The van der Waals surface area contributed by atoms with Crippen LogP contribution in [0.2, 0.25) is 0 Å². The zero-order chi connectivity index (χ0) is 12.9. The predicted molar refractivity (Wildman–Crippen MR) is 66.9 cm³/mol. The Morgan fingerprint density at radius 3 is 2.35 bits per heavy atom. The van der Waals surface area contributed by atoms with E-state index in [1.54, 1.807) is 0 Å². The summed E-state index contributed by atoms with van der Waals surface area (Å²) >= 11 is 0. The number of anilines is 1. The molecule has 1 rings (SSSR count). The molecule has 0 amide bonds. The second-order valence-electron chi connectivity index (χ2n) is 4.04. The van der Waals surface area contributed by atoms with Crippen molar-refractivity contribution in [1.29, 1.82) is 0 Å². The Labute approximate surface area is 101 Å². The molecule has 0 spiro atoms. The van der Waals surface area contributed by atoms with Gasteiger partial charge in [-0.15, -0.1) is 0 Å². The van der Waals surface area contributed by atoms with Gasteiger partial charge in [0.1, 0.15) is 5.82 Å². The van der Waals surface area contributed by atoms with E-state index in [1.807, 2.05) is 13.8 Å². The summed E-state index contributed by atoms with van der Waals surface area (Å²) in [5.41, 5.74) is 0.371. The Morgan fingerprint density at radius 1 is 1.24 bits per heavy atom. The molecule has 0 fully saturated rings. The number of rotatable bonds is 6. The van der Waals surface area contributed by atoms with Crippen molar-refractivity contribution in [2.75, 3.05) is 17.0 Å². The third-order valence-electron chi connectivity index (χ3n) is 2.04. The van der Waals surface area contributed by atoms with Gasteiger partial charge in [-0.1, -0.05) is 13.8 Å². The fraction of sp³-hybridized carbons (Fsp3) is 0.455. The average molecular weight is 260 g/mol. The Bertz CT molecular complexity index is 443. The van der Waals surface area contributed by atoms with Crippen LogP contribution < -0.4 is 10.0 Å². The summed E-state index contributed by atoms with van der Waals surface area (Å²) in [5.74, 6) is -0.405. The van der Waals surface area contributed by atoms with Gasteiger partial charge in [-0.3, -0.25) is 4.72 Å². The summed E-state index contributed by atoms with van der Waals surface area (Å²) in [7, 11) is -3.38. The number of hydrogen-bond donors (Lipinski definition) is 2. The lowest BCUT2D eigenvalue weighted by Crippen LogP contribution is -2.30. The zero-order valence-corrected chi connectivity index (χ0v) is 10.7. The first kappa shape index (κ1) is 13.9. The van der Waals surface area contributed by atoms with E-state index in [9.17, 15) is 12.8 Å². The first-order valence-corrected chi connectivity index (χ1v) is 7.04. The molecule has 0 aromatic heterocycles. The van der Waals surface area contributed by atoms with Crippen LogP contribution in [0.3, 0.4) is 0 Å². The molecule has 17 heavy (non-hydrogen) atoms. The van der Waals surface area contributed by atoms with E-state index in [1.165, 1.54) is 24.3 Å². The number of nitrogens with one attached hydrogen (secondary N) is 2. The van der Waals surface area contributed by atoms with Crippen molar-refractivity contribution in [2.24, 2.45) is 0 Å². The van der Waals surface area contributed by atoms with Crippen LogP contribution in [-0.4, -0.2) is 26.8 Å². The van der Waals surface area contributed by atoms with Crippen molar-refractivity contribution in [3.63, 3.8) is 0 Å². The smallest absolute Gasteiger partial charge is 0.233 e. The molecule has 0 unspecified atom stereocenters. The average Bonchev–Trinajstić information content (AvgIpc) is 2.20. The summed E-state index contributed by atoms with van der Waals surface area (Å²) in [6.07, 6.45) is 0. The molecule has 6 heteroatoms. The Kier molecular flexibility index (Phi) is 4.89. The monoisotopic (exact) mass is 260 g/mol. The molecule has 0 aliphatic carbocycles. The van der Waals surface area contributed by atoms with Crippen LogP contribution in [0.15, 0.2) is 24.3 Å². The molecular formula is C11H17FN2O2S. The van der Waals surface area contributed by atoms with Crippen LogP contribution in [-0.2, 0) is 10.0 Å². The topological polar surface area (TPSA) is 58.2 Å². The maximum atomic E-state index is 12.6. The van der Waals surface area contributed by atoms with E-state index >= 15 is 0 Å². The van der Waals surface area contributed by atoms with E-state index in [0.717, 1.165) is 0 Å². The number of sulfonamides is 1. The van der Waals surface area contributed by atoms with Crippen LogP contribution in [0.1, 0.15) is 13.8 Å². The molecule has 96 valence electrons. The van der Waals surface area contributed by atoms with E-state index < -0.39 is 15.8 Å².